The summed E-state index contributed by atoms with van der Waals surface area (Å²) in [5.74, 6) is 0.435. The third-order valence-electron chi connectivity index (χ3n) is 3.82. The number of carbonyl (C=O) groups is 1. The van der Waals surface area contributed by atoms with E-state index in [0.29, 0.717) is 11.3 Å². The van der Waals surface area contributed by atoms with Gasteiger partial charge in [-0.2, -0.15) is 0 Å². The summed E-state index contributed by atoms with van der Waals surface area (Å²) in [5, 5.41) is 9.95. The van der Waals surface area contributed by atoms with Crippen LogP contribution in [0.25, 0.3) is 0 Å². The lowest BCUT2D eigenvalue weighted by molar-refractivity contribution is 0.0796. The first-order valence-electron chi connectivity index (χ1n) is 6.99. The Hall–Kier alpha value is -0.820. The molecule has 2 aromatic carbocycles. The molecule has 120 valence electrons. The fourth-order valence-corrected chi connectivity index (χ4v) is 4.81. The predicted molar refractivity (Wildman–Crippen MR) is 98.5 cm³/mol. The van der Waals surface area contributed by atoms with Gasteiger partial charge in [-0.15, -0.1) is 11.8 Å². The molecule has 0 aliphatic carbocycles. The largest absolute Gasteiger partial charge is 0.490 e. The number of aliphatic hydroxyl groups is 1. The number of ketones is 1. The van der Waals surface area contributed by atoms with Crippen molar-refractivity contribution in [3.63, 3.8) is 0 Å². The van der Waals surface area contributed by atoms with E-state index in [2.05, 4.69) is 31.9 Å². The molecule has 1 atom stereocenters. The first kappa shape index (κ1) is 17.0. The van der Waals surface area contributed by atoms with Gasteiger partial charge in [0.2, 0.25) is 0 Å². The number of rotatable bonds is 3. The van der Waals surface area contributed by atoms with Crippen molar-refractivity contribution in [2.24, 2.45) is 0 Å². The molecule has 23 heavy (non-hydrogen) atoms. The van der Waals surface area contributed by atoms with Crippen LogP contribution in [0.15, 0.2) is 50.2 Å². The highest BCUT2D eigenvalue weighted by atomic mass is 79.9. The van der Waals surface area contributed by atoms with Crippen LogP contribution in [0.3, 0.4) is 0 Å². The number of Topliss-reactive ketones (excluding diaryl/α,β-unsaturated/α-hetero) is 1. The second-order valence-corrected chi connectivity index (χ2v) is 8.46. The average Bonchev–Trinajstić information content (AvgIpc) is 2.57. The summed E-state index contributed by atoms with van der Waals surface area (Å²) in [7, 11) is 0. The van der Waals surface area contributed by atoms with Gasteiger partial charge in [-0.25, -0.2) is 0 Å². The van der Waals surface area contributed by atoms with Gasteiger partial charge in [0.15, 0.2) is 5.78 Å². The molecule has 3 nitrogen and oxygen atoms in total. The summed E-state index contributed by atoms with van der Waals surface area (Å²) in [4.78, 5) is 14.0. The van der Waals surface area contributed by atoms with Crippen molar-refractivity contribution in [2.45, 2.75) is 16.6 Å². The topological polar surface area (TPSA) is 46.5 Å². The molecular formula is C17H14Br2O3S. The van der Waals surface area contributed by atoms with E-state index in [9.17, 15) is 9.90 Å². The summed E-state index contributed by atoms with van der Waals surface area (Å²) < 4.78 is 6.45. The molecule has 1 aliphatic heterocycles. The van der Waals surface area contributed by atoms with Crippen LogP contribution in [0.4, 0.5) is 0 Å². The Kier molecular flexibility index (Phi) is 4.88. The van der Waals surface area contributed by atoms with E-state index >= 15 is 0 Å². The van der Waals surface area contributed by atoms with Gasteiger partial charge in [0.1, 0.15) is 17.1 Å². The van der Waals surface area contributed by atoms with Crippen LogP contribution in [0.5, 0.6) is 5.75 Å². The normalized spacial score (nSPS) is 20.1. The monoisotopic (exact) mass is 456 g/mol. The average molecular weight is 458 g/mol. The number of thioether (sulfide) groups is 1. The Balaban J connectivity index is 2.05. The Bertz CT molecular complexity index is 764. The molecule has 6 heteroatoms. The third-order valence-corrected chi connectivity index (χ3v) is 6.93. The van der Waals surface area contributed by atoms with Crippen molar-refractivity contribution in [3.05, 3.63) is 56.5 Å². The summed E-state index contributed by atoms with van der Waals surface area (Å²) in [6.45, 7) is 1.79. The minimum Gasteiger partial charge on any atom is -0.490 e. The number of fused-ring (bicyclic) bond motifs is 1. The lowest BCUT2D eigenvalue weighted by Crippen LogP contribution is -2.47. The van der Waals surface area contributed by atoms with E-state index in [1.165, 1.54) is 11.8 Å². The highest BCUT2D eigenvalue weighted by Gasteiger charge is 2.46. The maximum Gasteiger partial charge on any atom is 0.188 e. The van der Waals surface area contributed by atoms with Gasteiger partial charge in [0.05, 0.1) is 16.6 Å². The molecule has 0 spiro atoms. The molecule has 3 rings (SSSR count). The number of halogens is 2. The molecule has 0 radical (unpaired) electrons. The second-order valence-electron chi connectivity index (χ2n) is 5.36. The van der Waals surface area contributed by atoms with E-state index in [1.54, 1.807) is 6.07 Å². The van der Waals surface area contributed by atoms with Gasteiger partial charge in [-0.1, -0.05) is 34.1 Å². The van der Waals surface area contributed by atoms with Crippen molar-refractivity contribution < 1.29 is 14.6 Å². The van der Waals surface area contributed by atoms with E-state index in [-0.39, 0.29) is 19.0 Å². The zero-order valence-corrected chi connectivity index (χ0v) is 16.3. The number of hydrogen-bond acceptors (Lipinski definition) is 4. The number of hydrogen-bond donors (Lipinski definition) is 1. The van der Waals surface area contributed by atoms with Crippen molar-refractivity contribution in [3.8, 4) is 5.75 Å². The van der Waals surface area contributed by atoms with Gasteiger partial charge < -0.3 is 9.84 Å². The Morgan fingerprint density at radius 2 is 2.00 bits per heavy atom. The predicted octanol–water partition coefficient (Wildman–Crippen LogP) is 4.62. The molecule has 0 fully saturated rings. The number of carbonyl (C=O) groups excluding carboxylic acids is 1. The van der Waals surface area contributed by atoms with Crippen LogP contribution in [0.1, 0.15) is 15.9 Å². The minimum atomic E-state index is -1.03. The fraction of sp³-hybridized carbons (Fsp3) is 0.235. The number of ether oxygens (including phenoxy) is 1. The van der Waals surface area contributed by atoms with Gasteiger partial charge >= 0.3 is 0 Å². The fourth-order valence-electron chi connectivity index (χ4n) is 2.44. The van der Waals surface area contributed by atoms with Crippen molar-refractivity contribution in [1.29, 1.82) is 0 Å². The van der Waals surface area contributed by atoms with Crippen LogP contribution in [0, 0.1) is 6.92 Å². The molecule has 2 aromatic rings. The van der Waals surface area contributed by atoms with E-state index in [4.69, 9.17) is 4.74 Å². The molecule has 0 saturated heterocycles. The SMILES string of the molecule is Cc1c(Br)cc2c(c1Br)OC[C@@](CO)(Sc1ccccc1)C2=O. The maximum absolute atomic E-state index is 13.1. The van der Waals surface area contributed by atoms with Crippen LogP contribution in [-0.2, 0) is 0 Å². The van der Waals surface area contributed by atoms with Gasteiger partial charge in [-0.05, 0) is 46.6 Å². The molecule has 1 N–H and O–H groups in total. The van der Waals surface area contributed by atoms with Crippen LogP contribution < -0.4 is 4.74 Å². The highest BCUT2D eigenvalue weighted by molar-refractivity contribution is 9.11. The van der Waals surface area contributed by atoms with E-state index < -0.39 is 4.75 Å². The smallest absolute Gasteiger partial charge is 0.188 e. The molecule has 0 saturated carbocycles. The summed E-state index contributed by atoms with van der Waals surface area (Å²) in [6, 6.07) is 11.4. The number of benzene rings is 2. The van der Waals surface area contributed by atoms with Crippen LogP contribution >= 0.6 is 43.6 Å². The van der Waals surface area contributed by atoms with Crippen molar-refractivity contribution >= 4 is 49.4 Å². The summed E-state index contributed by atoms with van der Waals surface area (Å²) in [5.41, 5.74) is 1.46. The molecule has 0 amide bonds. The van der Waals surface area contributed by atoms with E-state index in [0.717, 1.165) is 19.4 Å². The van der Waals surface area contributed by atoms with Crippen molar-refractivity contribution in [1.82, 2.24) is 0 Å². The summed E-state index contributed by atoms with van der Waals surface area (Å²) >= 11 is 8.31. The lowest BCUT2D eigenvalue weighted by atomic mass is 9.94. The zero-order valence-electron chi connectivity index (χ0n) is 12.3. The molecule has 1 aliphatic rings. The highest BCUT2D eigenvalue weighted by Crippen LogP contribution is 2.46. The zero-order chi connectivity index (χ0) is 16.6. The van der Waals surface area contributed by atoms with Gasteiger partial charge in [-0.3, -0.25) is 4.79 Å². The second kappa shape index (κ2) is 6.59. The van der Waals surface area contributed by atoms with Crippen molar-refractivity contribution in [2.75, 3.05) is 13.2 Å². The molecule has 0 aromatic heterocycles. The van der Waals surface area contributed by atoms with Crippen LogP contribution in [0.2, 0.25) is 0 Å². The quantitative estimate of drug-likeness (QED) is 0.730. The van der Waals surface area contributed by atoms with E-state index in [1.807, 2.05) is 37.3 Å². The lowest BCUT2D eigenvalue weighted by Gasteiger charge is -2.35. The Morgan fingerprint density at radius 3 is 2.65 bits per heavy atom. The molecular weight excluding hydrogens is 444 g/mol. The molecule has 0 unspecified atom stereocenters. The minimum absolute atomic E-state index is 0.114. The van der Waals surface area contributed by atoms with Gasteiger partial charge in [0, 0.05) is 9.37 Å². The summed E-state index contributed by atoms with van der Waals surface area (Å²) in [6.07, 6.45) is 0. The van der Waals surface area contributed by atoms with Gasteiger partial charge in [0.25, 0.3) is 0 Å². The first-order chi connectivity index (χ1) is 11.0. The third kappa shape index (κ3) is 2.97. The molecule has 0 bridgehead atoms. The first-order valence-corrected chi connectivity index (χ1v) is 9.40. The van der Waals surface area contributed by atoms with Crippen LogP contribution in [-0.4, -0.2) is 28.9 Å². The molecule has 1 heterocycles. The Morgan fingerprint density at radius 1 is 1.30 bits per heavy atom. The maximum atomic E-state index is 13.1. The Labute approximate surface area is 155 Å². The standard InChI is InChI=1S/C17H14Br2O3S/c1-10-13(18)7-12-15(14(10)19)22-9-17(8-20,16(12)21)23-11-5-3-2-4-6-11/h2-7,20H,8-9H2,1H3/t17-/m1/s1. The number of aliphatic hydroxyl groups excluding tert-OH is 1.